The van der Waals surface area contributed by atoms with E-state index in [0.29, 0.717) is 0 Å². The first kappa shape index (κ1) is 18.6. The van der Waals surface area contributed by atoms with Crippen LogP contribution in [0, 0.1) is 0 Å². The maximum absolute atomic E-state index is 5.05. The lowest BCUT2D eigenvalue weighted by molar-refractivity contribution is 0.562. The van der Waals surface area contributed by atoms with Gasteiger partial charge in [-0.05, 0) is 44.2 Å². The molecule has 29 heavy (non-hydrogen) atoms. The number of nitrogens with zero attached hydrogens (tertiary/aromatic N) is 5. The van der Waals surface area contributed by atoms with E-state index in [1.54, 1.807) is 0 Å². The summed E-state index contributed by atoms with van der Waals surface area (Å²) in [4.78, 5) is 7.52. The molecule has 4 heterocycles. The first-order valence-corrected chi connectivity index (χ1v) is 11.1. The van der Waals surface area contributed by atoms with E-state index >= 15 is 0 Å². The van der Waals surface area contributed by atoms with Crippen molar-refractivity contribution in [2.45, 2.75) is 64.6 Å². The SMILES string of the molecule is c1ccc2nc(N3CCCCC3)c(CNCc3nnc4n3CCCCC4)cc2c1. The van der Waals surface area contributed by atoms with E-state index in [0.717, 1.165) is 62.1 Å². The van der Waals surface area contributed by atoms with Crippen molar-refractivity contribution in [1.82, 2.24) is 25.1 Å². The van der Waals surface area contributed by atoms with E-state index in [9.17, 15) is 0 Å². The Labute approximate surface area is 172 Å². The van der Waals surface area contributed by atoms with Gasteiger partial charge in [0.15, 0.2) is 0 Å². The second-order valence-electron chi connectivity index (χ2n) is 8.31. The van der Waals surface area contributed by atoms with Gasteiger partial charge < -0.3 is 14.8 Å². The Morgan fingerprint density at radius 1 is 0.862 bits per heavy atom. The lowest BCUT2D eigenvalue weighted by atomic mass is 10.1. The highest BCUT2D eigenvalue weighted by Crippen LogP contribution is 2.26. The zero-order valence-electron chi connectivity index (χ0n) is 17.1. The Kier molecular flexibility index (Phi) is 5.43. The summed E-state index contributed by atoms with van der Waals surface area (Å²) < 4.78 is 2.32. The summed E-state index contributed by atoms with van der Waals surface area (Å²) in [5.74, 6) is 3.37. The van der Waals surface area contributed by atoms with Crippen LogP contribution in [0.25, 0.3) is 10.9 Å². The molecule has 5 rings (SSSR count). The minimum atomic E-state index is 0.749. The molecule has 0 amide bonds. The number of fused-ring (bicyclic) bond motifs is 2. The molecule has 2 aliphatic heterocycles. The summed E-state index contributed by atoms with van der Waals surface area (Å²) in [6.07, 6.45) is 8.65. The number of piperidine rings is 1. The van der Waals surface area contributed by atoms with E-state index < -0.39 is 0 Å². The van der Waals surface area contributed by atoms with E-state index in [1.807, 2.05) is 0 Å². The third-order valence-electron chi connectivity index (χ3n) is 6.22. The molecule has 0 radical (unpaired) electrons. The zero-order chi connectivity index (χ0) is 19.5. The van der Waals surface area contributed by atoms with Crippen molar-refractivity contribution < 1.29 is 0 Å². The molecule has 3 aromatic rings. The Balaban J connectivity index is 1.36. The number of pyridine rings is 1. The van der Waals surface area contributed by atoms with E-state index in [2.05, 4.69) is 55.3 Å². The Hall–Kier alpha value is -2.47. The molecule has 0 saturated carbocycles. The molecule has 1 N–H and O–H groups in total. The lowest BCUT2D eigenvalue weighted by Crippen LogP contribution is -2.31. The van der Waals surface area contributed by atoms with Gasteiger partial charge in [-0.25, -0.2) is 4.98 Å². The van der Waals surface area contributed by atoms with Crippen LogP contribution in [0.3, 0.4) is 0 Å². The largest absolute Gasteiger partial charge is 0.356 e. The molecule has 1 fully saturated rings. The van der Waals surface area contributed by atoms with Gasteiger partial charge in [0.2, 0.25) is 0 Å². The summed E-state index contributed by atoms with van der Waals surface area (Å²) in [5, 5.41) is 13.7. The molecule has 6 nitrogen and oxygen atoms in total. The molecule has 152 valence electrons. The van der Waals surface area contributed by atoms with Gasteiger partial charge in [0.1, 0.15) is 17.5 Å². The average molecular weight is 391 g/mol. The number of hydrogen-bond donors (Lipinski definition) is 1. The monoisotopic (exact) mass is 390 g/mol. The van der Waals surface area contributed by atoms with Crippen molar-refractivity contribution in [3.8, 4) is 0 Å². The predicted octanol–water partition coefficient (Wildman–Crippen LogP) is 3.83. The van der Waals surface area contributed by atoms with Crippen LogP contribution >= 0.6 is 0 Å². The van der Waals surface area contributed by atoms with Gasteiger partial charge in [0.25, 0.3) is 0 Å². The summed E-state index contributed by atoms with van der Waals surface area (Å²) in [5.41, 5.74) is 2.36. The molecule has 2 aliphatic rings. The molecule has 2 aromatic heterocycles. The van der Waals surface area contributed by atoms with Crippen LogP contribution in [-0.2, 0) is 26.1 Å². The van der Waals surface area contributed by atoms with Crippen molar-refractivity contribution in [3.05, 3.63) is 47.5 Å². The van der Waals surface area contributed by atoms with Gasteiger partial charge in [0.05, 0.1) is 12.1 Å². The molecule has 0 unspecified atom stereocenters. The minimum Gasteiger partial charge on any atom is -0.356 e. The predicted molar refractivity (Wildman–Crippen MR) is 116 cm³/mol. The fourth-order valence-electron chi connectivity index (χ4n) is 4.64. The summed E-state index contributed by atoms with van der Waals surface area (Å²) >= 11 is 0. The van der Waals surface area contributed by atoms with Gasteiger partial charge in [-0.1, -0.05) is 24.6 Å². The van der Waals surface area contributed by atoms with Gasteiger partial charge in [-0.15, -0.1) is 10.2 Å². The van der Waals surface area contributed by atoms with Crippen LogP contribution in [0.2, 0.25) is 0 Å². The smallest absolute Gasteiger partial charge is 0.147 e. The minimum absolute atomic E-state index is 0.749. The van der Waals surface area contributed by atoms with Crippen molar-refractivity contribution >= 4 is 16.7 Å². The lowest BCUT2D eigenvalue weighted by Gasteiger charge is -2.30. The van der Waals surface area contributed by atoms with E-state index in [1.165, 1.54) is 49.5 Å². The Bertz CT molecular complexity index is 973. The first-order chi connectivity index (χ1) is 14.4. The van der Waals surface area contributed by atoms with Crippen LogP contribution < -0.4 is 10.2 Å². The highest BCUT2D eigenvalue weighted by atomic mass is 15.3. The van der Waals surface area contributed by atoms with Crippen LogP contribution in [0.4, 0.5) is 5.82 Å². The second-order valence-corrected chi connectivity index (χ2v) is 8.31. The molecule has 0 aliphatic carbocycles. The molecule has 6 heteroatoms. The number of hydrogen-bond acceptors (Lipinski definition) is 5. The summed E-state index contributed by atoms with van der Waals surface area (Å²) in [6.45, 7) is 4.81. The number of para-hydroxylation sites is 1. The number of rotatable bonds is 5. The molecule has 0 bridgehead atoms. The van der Waals surface area contributed by atoms with Crippen molar-refractivity contribution in [2.75, 3.05) is 18.0 Å². The average Bonchev–Trinajstić information content (AvgIpc) is 3.00. The zero-order valence-corrected chi connectivity index (χ0v) is 17.1. The fourth-order valence-corrected chi connectivity index (χ4v) is 4.64. The molecule has 0 spiro atoms. The standard InChI is InChI=1S/C23H30N6/c1-3-11-21-26-27-22(29(21)14-8-1)17-24-16-19-15-18-9-4-5-10-20(18)25-23(19)28-12-6-2-7-13-28/h4-5,9-10,15,24H,1-3,6-8,11-14,16-17H2. The van der Waals surface area contributed by atoms with E-state index in [-0.39, 0.29) is 0 Å². The van der Waals surface area contributed by atoms with Crippen molar-refractivity contribution in [2.24, 2.45) is 0 Å². The Morgan fingerprint density at radius 2 is 1.69 bits per heavy atom. The first-order valence-electron chi connectivity index (χ1n) is 11.1. The van der Waals surface area contributed by atoms with Crippen molar-refractivity contribution in [1.29, 1.82) is 0 Å². The number of aromatic nitrogens is 4. The fraction of sp³-hybridized carbons (Fsp3) is 0.522. The van der Waals surface area contributed by atoms with Crippen LogP contribution in [0.15, 0.2) is 30.3 Å². The maximum Gasteiger partial charge on any atom is 0.147 e. The topological polar surface area (TPSA) is 58.9 Å². The summed E-state index contributed by atoms with van der Waals surface area (Å²) in [7, 11) is 0. The third kappa shape index (κ3) is 3.99. The Morgan fingerprint density at radius 3 is 2.62 bits per heavy atom. The molecule has 1 aromatic carbocycles. The van der Waals surface area contributed by atoms with Crippen molar-refractivity contribution in [3.63, 3.8) is 0 Å². The quantitative estimate of drug-likeness (QED) is 0.717. The molecule has 0 atom stereocenters. The number of benzene rings is 1. The third-order valence-corrected chi connectivity index (χ3v) is 6.22. The van der Waals surface area contributed by atoms with Gasteiger partial charge >= 0.3 is 0 Å². The molecular formula is C23H30N6. The maximum atomic E-state index is 5.05. The normalized spacial score (nSPS) is 17.3. The van der Waals surface area contributed by atoms with Crippen LogP contribution in [-0.4, -0.2) is 32.8 Å². The van der Waals surface area contributed by atoms with Gasteiger partial charge in [-0.3, -0.25) is 0 Å². The van der Waals surface area contributed by atoms with Gasteiger partial charge in [-0.2, -0.15) is 0 Å². The van der Waals surface area contributed by atoms with Gasteiger partial charge in [0, 0.05) is 43.5 Å². The van der Waals surface area contributed by atoms with Crippen LogP contribution in [0.5, 0.6) is 0 Å². The highest BCUT2D eigenvalue weighted by molar-refractivity contribution is 5.81. The van der Waals surface area contributed by atoms with E-state index in [4.69, 9.17) is 4.98 Å². The summed E-state index contributed by atoms with van der Waals surface area (Å²) in [6, 6.07) is 10.7. The highest BCUT2D eigenvalue weighted by Gasteiger charge is 2.18. The number of aryl methyl sites for hydroxylation is 1. The second kappa shape index (κ2) is 8.49. The number of anilines is 1. The van der Waals surface area contributed by atoms with Crippen LogP contribution in [0.1, 0.15) is 55.7 Å². The number of nitrogens with one attached hydrogen (secondary N) is 1. The molecule has 1 saturated heterocycles. The molecular weight excluding hydrogens is 360 g/mol.